The number of piperidine rings is 1. The van der Waals surface area contributed by atoms with Crippen LogP contribution in [0.15, 0.2) is 24.5 Å². The van der Waals surface area contributed by atoms with E-state index in [0.29, 0.717) is 11.7 Å². The van der Waals surface area contributed by atoms with Crippen molar-refractivity contribution in [3.8, 4) is 0 Å². The first-order valence-electron chi connectivity index (χ1n) is 9.85. The summed E-state index contributed by atoms with van der Waals surface area (Å²) in [6.07, 6.45) is 5.41. The van der Waals surface area contributed by atoms with E-state index in [-0.39, 0.29) is 23.5 Å². The molecule has 2 N–H and O–H groups in total. The monoisotopic (exact) mass is 414 g/mol. The molecule has 2 aliphatic rings. The third kappa shape index (κ3) is 4.11. The molecule has 1 atom stereocenters. The Morgan fingerprint density at radius 2 is 2.03 bits per heavy atom. The molecular weight excluding hydrogens is 388 g/mol. The molecule has 9 heteroatoms. The van der Waals surface area contributed by atoms with Crippen molar-refractivity contribution in [3.63, 3.8) is 0 Å². The lowest BCUT2D eigenvalue weighted by Gasteiger charge is -2.41. The first-order chi connectivity index (χ1) is 13.8. The van der Waals surface area contributed by atoms with Crippen LogP contribution in [-0.4, -0.2) is 52.0 Å². The molecule has 2 aromatic heterocycles. The Hall–Kier alpha value is -2.52. The van der Waals surface area contributed by atoms with E-state index < -0.39 is 0 Å². The molecule has 2 aromatic rings. The molecule has 0 bridgehead atoms. The Morgan fingerprint density at radius 3 is 2.69 bits per heavy atom. The summed E-state index contributed by atoms with van der Waals surface area (Å²) in [6, 6.07) is 4.07. The number of thiazole rings is 1. The topological polar surface area (TPSA) is 90.5 Å². The fourth-order valence-electron chi connectivity index (χ4n) is 4.03. The summed E-state index contributed by atoms with van der Waals surface area (Å²) in [5.74, 6) is -0.108. The third-order valence-corrected chi connectivity index (χ3v) is 6.89. The molecule has 3 amide bonds. The number of hydrogen-bond donors (Lipinski definition) is 2. The van der Waals surface area contributed by atoms with Gasteiger partial charge in [0.15, 0.2) is 5.13 Å². The minimum atomic E-state index is -0.187. The number of hydrogen-bond acceptors (Lipinski definition) is 6. The van der Waals surface area contributed by atoms with Gasteiger partial charge in [-0.2, -0.15) is 0 Å². The molecule has 8 nitrogen and oxygen atoms in total. The molecule has 4 heterocycles. The summed E-state index contributed by atoms with van der Waals surface area (Å²) in [5, 5.41) is 6.61. The number of nitrogens with one attached hydrogen (secondary N) is 2. The number of carbonyl (C=O) groups excluding carboxylic acids is 2. The molecule has 0 aromatic carbocycles. The molecule has 2 aliphatic heterocycles. The van der Waals surface area contributed by atoms with Crippen molar-refractivity contribution in [2.45, 2.75) is 45.2 Å². The van der Waals surface area contributed by atoms with Crippen LogP contribution in [0.25, 0.3) is 0 Å². The van der Waals surface area contributed by atoms with Gasteiger partial charge in [-0.25, -0.2) is 9.78 Å². The van der Waals surface area contributed by atoms with Crippen molar-refractivity contribution in [2.75, 3.05) is 29.9 Å². The molecule has 2 fully saturated rings. The molecule has 0 unspecified atom stereocenters. The van der Waals surface area contributed by atoms with Crippen LogP contribution in [0, 0.1) is 6.92 Å². The second-order valence-electron chi connectivity index (χ2n) is 7.92. The van der Waals surface area contributed by atoms with Crippen LogP contribution in [-0.2, 0) is 4.79 Å². The first kappa shape index (κ1) is 19.8. The lowest BCUT2D eigenvalue weighted by atomic mass is 9.87. The van der Waals surface area contributed by atoms with Gasteiger partial charge in [0.25, 0.3) is 0 Å². The second-order valence-corrected chi connectivity index (χ2v) is 8.98. The third-order valence-electron chi connectivity index (χ3n) is 5.81. The zero-order valence-electron chi connectivity index (χ0n) is 16.9. The Kier molecular flexibility index (Phi) is 5.26. The van der Waals surface area contributed by atoms with Gasteiger partial charge < -0.3 is 10.6 Å². The molecule has 154 valence electrons. The van der Waals surface area contributed by atoms with Crippen LogP contribution >= 0.6 is 11.3 Å². The van der Waals surface area contributed by atoms with Crippen molar-refractivity contribution < 1.29 is 9.59 Å². The summed E-state index contributed by atoms with van der Waals surface area (Å²) in [5.41, 5.74) is 1.60. The summed E-state index contributed by atoms with van der Waals surface area (Å²) >= 11 is 1.52. The van der Waals surface area contributed by atoms with Gasteiger partial charge in [-0.1, -0.05) is 0 Å². The quantitative estimate of drug-likeness (QED) is 0.803. The number of nitrogens with zero attached hydrogens (tertiary/aromatic N) is 4. The van der Waals surface area contributed by atoms with E-state index >= 15 is 0 Å². The first-order valence-corrected chi connectivity index (χ1v) is 10.7. The molecule has 29 heavy (non-hydrogen) atoms. The van der Waals surface area contributed by atoms with Crippen LogP contribution in [0.2, 0.25) is 0 Å². The van der Waals surface area contributed by atoms with Crippen LogP contribution in [0.4, 0.5) is 15.6 Å². The highest BCUT2D eigenvalue weighted by Gasteiger charge is 2.45. The zero-order chi connectivity index (χ0) is 20.6. The van der Waals surface area contributed by atoms with Crippen molar-refractivity contribution in [2.24, 2.45) is 0 Å². The van der Waals surface area contributed by atoms with Crippen LogP contribution in [0.3, 0.4) is 0 Å². The predicted octanol–water partition coefficient (Wildman–Crippen LogP) is 2.93. The average Bonchev–Trinajstić information content (AvgIpc) is 3.27. The van der Waals surface area contributed by atoms with Crippen LogP contribution in [0.5, 0.6) is 0 Å². The SMILES string of the molecule is CC(=O)Nc1ncc([C@H](C)N2CCC3(CC2)CN(c2ccc(C)nc2)C(=O)N3)s1. The number of anilines is 2. The van der Waals surface area contributed by atoms with E-state index in [0.717, 1.165) is 42.2 Å². The van der Waals surface area contributed by atoms with Gasteiger partial charge in [0.2, 0.25) is 5.91 Å². The number of urea groups is 1. The highest BCUT2D eigenvalue weighted by atomic mass is 32.1. The lowest BCUT2D eigenvalue weighted by molar-refractivity contribution is -0.114. The Bertz CT molecular complexity index is 904. The molecule has 0 saturated carbocycles. The highest BCUT2D eigenvalue weighted by molar-refractivity contribution is 7.15. The van der Waals surface area contributed by atoms with Gasteiger partial charge in [-0.05, 0) is 38.8 Å². The average molecular weight is 415 g/mol. The zero-order valence-corrected chi connectivity index (χ0v) is 17.8. The minimum absolute atomic E-state index is 0.0421. The lowest BCUT2D eigenvalue weighted by Crippen LogP contribution is -2.52. The van der Waals surface area contributed by atoms with E-state index in [1.165, 1.54) is 18.3 Å². The van der Waals surface area contributed by atoms with E-state index in [9.17, 15) is 9.59 Å². The van der Waals surface area contributed by atoms with E-state index in [4.69, 9.17) is 0 Å². The van der Waals surface area contributed by atoms with Crippen molar-refractivity contribution in [3.05, 3.63) is 35.1 Å². The van der Waals surface area contributed by atoms with Gasteiger partial charge in [0, 0.05) is 42.8 Å². The van der Waals surface area contributed by atoms with Crippen molar-refractivity contribution in [1.82, 2.24) is 20.2 Å². The van der Waals surface area contributed by atoms with Gasteiger partial charge >= 0.3 is 6.03 Å². The molecule has 0 radical (unpaired) electrons. The highest BCUT2D eigenvalue weighted by Crippen LogP contribution is 2.35. The summed E-state index contributed by atoms with van der Waals surface area (Å²) in [7, 11) is 0. The molecule has 0 aliphatic carbocycles. The molecule has 2 saturated heterocycles. The molecule has 1 spiro atoms. The Balaban J connectivity index is 1.38. The normalized spacial score (nSPS) is 20.0. The summed E-state index contributed by atoms with van der Waals surface area (Å²) in [6.45, 7) is 8.06. The maximum Gasteiger partial charge on any atom is 0.322 e. The number of likely N-dealkylation sites (tertiary alicyclic amines) is 1. The number of aromatic nitrogens is 2. The van der Waals surface area contributed by atoms with E-state index in [2.05, 4.69) is 32.4 Å². The maximum absolute atomic E-state index is 12.6. The number of rotatable bonds is 4. The van der Waals surface area contributed by atoms with E-state index in [1.807, 2.05) is 25.3 Å². The number of pyridine rings is 1. The summed E-state index contributed by atoms with van der Waals surface area (Å²) in [4.78, 5) is 37.8. The van der Waals surface area contributed by atoms with Gasteiger partial charge in [0.1, 0.15) is 0 Å². The maximum atomic E-state index is 12.6. The Morgan fingerprint density at radius 1 is 1.28 bits per heavy atom. The van der Waals surface area contributed by atoms with Crippen molar-refractivity contribution in [1.29, 1.82) is 0 Å². The predicted molar refractivity (Wildman–Crippen MR) is 113 cm³/mol. The fraction of sp³-hybridized carbons (Fsp3) is 0.500. The second kappa shape index (κ2) is 7.72. The Labute approximate surface area is 174 Å². The van der Waals surface area contributed by atoms with Gasteiger partial charge in [-0.3, -0.25) is 19.6 Å². The standard InChI is InChI=1S/C20H26N6O2S/c1-13-4-5-16(10-21-13)26-12-20(24-19(26)28)6-8-25(9-7-20)14(2)17-11-22-18(29-17)23-15(3)27/h4-5,10-11,14H,6-9,12H2,1-3H3,(H,24,28)(H,22,23,27)/t14-/m0/s1. The smallest absolute Gasteiger partial charge is 0.322 e. The van der Waals surface area contributed by atoms with Crippen LogP contribution in [0.1, 0.15) is 43.3 Å². The molecular formula is C20H26N6O2S. The van der Waals surface area contributed by atoms with Crippen molar-refractivity contribution >= 4 is 34.1 Å². The van der Waals surface area contributed by atoms with Gasteiger partial charge in [-0.15, -0.1) is 11.3 Å². The van der Waals surface area contributed by atoms with Crippen LogP contribution < -0.4 is 15.5 Å². The number of amides is 3. The van der Waals surface area contributed by atoms with E-state index in [1.54, 1.807) is 11.1 Å². The number of aryl methyl sites for hydroxylation is 1. The number of carbonyl (C=O) groups is 2. The summed E-state index contributed by atoms with van der Waals surface area (Å²) < 4.78 is 0. The van der Waals surface area contributed by atoms with Gasteiger partial charge in [0.05, 0.1) is 24.0 Å². The molecule has 4 rings (SSSR count). The largest absolute Gasteiger partial charge is 0.330 e. The fourth-order valence-corrected chi connectivity index (χ4v) is 4.98. The minimum Gasteiger partial charge on any atom is -0.330 e.